The van der Waals surface area contributed by atoms with E-state index in [2.05, 4.69) is 34.1 Å². The van der Waals surface area contributed by atoms with Crippen molar-refractivity contribution in [2.75, 3.05) is 5.73 Å². The van der Waals surface area contributed by atoms with Crippen LogP contribution < -0.4 is 10.5 Å². The zero-order valence-corrected chi connectivity index (χ0v) is 14.9. The van der Waals surface area contributed by atoms with E-state index in [9.17, 15) is 0 Å². The van der Waals surface area contributed by atoms with Crippen LogP contribution in [0, 0.1) is 0 Å². The molecule has 0 saturated carbocycles. The van der Waals surface area contributed by atoms with Crippen molar-refractivity contribution in [1.82, 2.24) is 19.7 Å². The van der Waals surface area contributed by atoms with Crippen molar-refractivity contribution >= 4 is 5.82 Å². The molecule has 0 unspecified atom stereocenters. The first-order chi connectivity index (χ1) is 13.2. The van der Waals surface area contributed by atoms with Crippen molar-refractivity contribution in [1.29, 1.82) is 0 Å². The first-order valence-electron chi connectivity index (χ1n) is 8.73. The molecule has 0 aliphatic heterocycles. The van der Waals surface area contributed by atoms with Gasteiger partial charge >= 0.3 is 0 Å². The van der Waals surface area contributed by atoms with E-state index in [0.717, 1.165) is 29.2 Å². The smallest absolute Gasteiger partial charge is 0.252 e. The number of ether oxygens (including phenoxy) is 1. The van der Waals surface area contributed by atoms with E-state index in [4.69, 9.17) is 10.5 Å². The molecule has 2 aromatic carbocycles. The minimum absolute atomic E-state index is 0.441. The summed E-state index contributed by atoms with van der Waals surface area (Å²) in [5, 5.41) is 4.51. The average molecular weight is 357 g/mol. The molecule has 27 heavy (non-hydrogen) atoms. The number of benzene rings is 2. The molecule has 4 rings (SSSR count). The third-order valence-corrected chi connectivity index (χ3v) is 4.20. The van der Waals surface area contributed by atoms with Gasteiger partial charge in [-0.3, -0.25) is 0 Å². The highest BCUT2D eigenvalue weighted by atomic mass is 16.5. The van der Waals surface area contributed by atoms with Gasteiger partial charge in [0, 0.05) is 24.0 Å². The summed E-state index contributed by atoms with van der Waals surface area (Å²) in [6.07, 6.45) is 4.32. The number of nitrogen functional groups attached to an aromatic ring is 1. The minimum Gasteiger partial charge on any atom is -0.457 e. The highest BCUT2D eigenvalue weighted by molar-refractivity contribution is 5.64. The lowest BCUT2D eigenvalue weighted by atomic mass is 10.1. The molecule has 0 amide bonds. The van der Waals surface area contributed by atoms with Crippen LogP contribution >= 0.6 is 0 Å². The fraction of sp³-hybridized carbons (Fsp3) is 0.0952. The van der Waals surface area contributed by atoms with Crippen LogP contribution in [0.1, 0.15) is 12.5 Å². The largest absolute Gasteiger partial charge is 0.457 e. The number of rotatable bonds is 5. The number of nitrogens with two attached hydrogens (primary N) is 1. The first kappa shape index (κ1) is 16.8. The van der Waals surface area contributed by atoms with Crippen LogP contribution in [0.25, 0.3) is 17.2 Å². The van der Waals surface area contributed by atoms with Crippen LogP contribution in [0.2, 0.25) is 0 Å². The SMILES string of the molecule is CCc1ccc(Oc2ccc(-c3cc(N)n(-c4ncccn4)n3)cc2)cc1. The highest BCUT2D eigenvalue weighted by Crippen LogP contribution is 2.27. The molecular formula is C21H19N5O. The van der Waals surface area contributed by atoms with Crippen molar-refractivity contribution in [3.63, 3.8) is 0 Å². The van der Waals surface area contributed by atoms with Gasteiger partial charge in [-0.25, -0.2) is 9.97 Å². The Morgan fingerprint density at radius 3 is 2.19 bits per heavy atom. The van der Waals surface area contributed by atoms with Gasteiger partial charge in [0.15, 0.2) is 0 Å². The molecule has 2 aromatic heterocycles. The van der Waals surface area contributed by atoms with Crippen molar-refractivity contribution in [3.05, 3.63) is 78.6 Å². The Labute approximate surface area is 157 Å². The molecule has 0 fully saturated rings. The molecule has 0 radical (unpaired) electrons. The van der Waals surface area contributed by atoms with Gasteiger partial charge in [0.05, 0.1) is 5.69 Å². The molecule has 4 aromatic rings. The Hall–Kier alpha value is -3.67. The van der Waals surface area contributed by atoms with Crippen molar-refractivity contribution < 1.29 is 4.74 Å². The van der Waals surface area contributed by atoms with Gasteiger partial charge in [-0.05, 0) is 54.4 Å². The van der Waals surface area contributed by atoms with Crippen LogP contribution in [0.3, 0.4) is 0 Å². The zero-order valence-electron chi connectivity index (χ0n) is 14.9. The molecule has 0 bridgehead atoms. The topological polar surface area (TPSA) is 78.9 Å². The van der Waals surface area contributed by atoms with E-state index >= 15 is 0 Å². The minimum atomic E-state index is 0.441. The Morgan fingerprint density at radius 2 is 1.56 bits per heavy atom. The van der Waals surface area contributed by atoms with E-state index < -0.39 is 0 Å². The zero-order chi connectivity index (χ0) is 18.6. The fourth-order valence-electron chi connectivity index (χ4n) is 2.72. The summed E-state index contributed by atoms with van der Waals surface area (Å²) in [4.78, 5) is 8.36. The maximum atomic E-state index is 6.06. The third-order valence-electron chi connectivity index (χ3n) is 4.20. The van der Waals surface area contributed by atoms with Gasteiger partial charge < -0.3 is 10.5 Å². The van der Waals surface area contributed by atoms with E-state index in [-0.39, 0.29) is 0 Å². The van der Waals surface area contributed by atoms with Crippen molar-refractivity contribution in [3.8, 4) is 28.7 Å². The van der Waals surface area contributed by atoms with E-state index in [1.54, 1.807) is 24.5 Å². The Kier molecular flexibility index (Phi) is 4.53. The van der Waals surface area contributed by atoms with Gasteiger partial charge in [-0.1, -0.05) is 19.1 Å². The predicted octanol–water partition coefficient (Wildman–Crippen LogP) is 4.27. The van der Waals surface area contributed by atoms with Gasteiger partial charge in [-0.2, -0.15) is 9.78 Å². The van der Waals surface area contributed by atoms with Crippen LogP contribution in [-0.4, -0.2) is 19.7 Å². The summed E-state index contributed by atoms with van der Waals surface area (Å²) in [6, 6.07) is 19.4. The van der Waals surface area contributed by atoms with E-state index in [1.807, 2.05) is 36.4 Å². The first-order valence-corrected chi connectivity index (χ1v) is 8.73. The maximum absolute atomic E-state index is 6.06. The summed E-state index contributed by atoms with van der Waals surface area (Å²) in [7, 11) is 0. The molecule has 2 heterocycles. The predicted molar refractivity (Wildman–Crippen MR) is 105 cm³/mol. The number of hydrogen-bond acceptors (Lipinski definition) is 5. The molecule has 0 spiro atoms. The van der Waals surface area contributed by atoms with E-state index in [1.165, 1.54) is 10.2 Å². The van der Waals surface area contributed by atoms with Gasteiger partial charge in [0.2, 0.25) is 0 Å². The number of aryl methyl sites for hydroxylation is 1. The average Bonchev–Trinajstić information content (AvgIpc) is 3.11. The van der Waals surface area contributed by atoms with Crippen LogP contribution in [0.4, 0.5) is 5.82 Å². The lowest BCUT2D eigenvalue weighted by Crippen LogP contribution is -2.05. The lowest BCUT2D eigenvalue weighted by molar-refractivity contribution is 0.482. The monoisotopic (exact) mass is 357 g/mol. The molecular weight excluding hydrogens is 338 g/mol. The second-order valence-electron chi connectivity index (χ2n) is 6.04. The summed E-state index contributed by atoms with van der Waals surface area (Å²) in [6.45, 7) is 2.13. The Morgan fingerprint density at radius 1 is 0.926 bits per heavy atom. The maximum Gasteiger partial charge on any atom is 0.252 e. The molecule has 6 heteroatoms. The lowest BCUT2D eigenvalue weighted by Gasteiger charge is -2.07. The quantitative estimate of drug-likeness (QED) is 0.577. The second kappa shape index (κ2) is 7.29. The Bertz CT molecular complexity index is 1020. The van der Waals surface area contributed by atoms with Gasteiger partial charge in [0.25, 0.3) is 5.95 Å². The molecule has 6 nitrogen and oxygen atoms in total. The highest BCUT2D eigenvalue weighted by Gasteiger charge is 2.10. The summed E-state index contributed by atoms with van der Waals surface area (Å²) in [5.41, 5.74) is 9.03. The standard InChI is InChI=1S/C21H19N5O/c1-2-15-4-8-17(9-5-15)27-18-10-6-16(7-11-18)19-14-20(22)26(25-19)21-23-12-3-13-24-21/h3-14H,2,22H2,1H3. The molecule has 2 N–H and O–H groups in total. The van der Waals surface area contributed by atoms with Crippen molar-refractivity contribution in [2.24, 2.45) is 0 Å². The fourth-order valence-corrected chi connectivity index (χ4v) is 2.72. The summed E-state index contributed by atoms with van der Waals surface area (Å²) >= 11 is 0. The third kappa shape index (κ3) is 3.64. The normalized spacial score (nSPS) is 10.7. The molecule has 0 aliphatic rings. The number of hydrogen-bond donors (Lipinski definition) is 1. The summed E-state index contributed by atoms with van der Waals surface area (Å²) in [5.74, 6) is 2.50. The van der Waals surface area contributed by atoms with Crippen LogP contribution in [-0.2, 0) is 6.42 Å². The second-order valence-corrected chi connectivity index (χ2v) is 6.04. The molecule has 134 valence electrons. The van der Waals surface area contributed by atoms with Gasteiger partial charge in [-0.15, -0.1) is 0 Å². The Balaban J connectivity index is 1.54. The molecule has 0 aliphatic carbocycles. The molecule has 0 saturated heterocycles. The van der Waals surface area contributed by atoms with Crippen LogP contribution in [0.15, 0.2) is 73.1 Å². The van der Waals surface area contributed by atoms with Gasteiger partial charge in [0.1, 0.15) is 17.3 Å². The molecule has 0 atom stereocenters. The summed E-state index contributed by atoms with van der Waals surface area (Å²) < 4.78 is 7.42. The number of aromatic nitrogens is 4. The van der Waals surface area contributed by atoms with E-state index in [0.29, 0.717) is 11.8 Å². The van der Waals surface area contributed by atoms with Crippen LogP contribution in [0.5, 0.6) is 11.5 Å². The number of anilines is 1. The number of nitrogens with zero attached hydrogens (tertiary/aromatic N) is 4. The van der Waals surface area contributed by atoms with Crippen molar-refractivity contribution in [2.45, 2.75) is 13.3 Å².